The molecule has 1 spiro atoms. The lowest BCUT2D eigenvalue weighted by atomic mass is 9.90. The quantitative estimate of drug-likeness (QED) is 0.715. The normalized spacial score (nSPS) is 22.7. The molecule has 3 aliphatic rings. The van der Waals surface area contributed by atoms with E-state index in [9.17, 15) is 9.59 Å². The fourth-order valence-electron chi connectivity index (χ4n) is 4.83. The fraction of sp³-hybridized carbons (Fsp3) is 0.583. The van der Waals surface area contributed by atoms with Crippen LogP contribution in [0.1, 0.15) is 51.4 Å². The van der Waals surface area contributed by atoms with Gasteiger partial charge in [-0.1, -0.05) is 29.8 Å². The van der Waals surface area contributed by atoms with Crippen LogP contribution in [0.4, 0.5) is 0 Å². The van der Waals surface area contributed by atoms with Crippen molar-refractivity contribution in [2.75, 3.05) is 26.2 Å². The molecule has 0 aromatic heterocycles. The molecule has 1 N–H and O–H groups in total. The van der Waals surface area contributed by atoms with Gasteiger partial charge in [-0.15, -0.1) is 0 Å². The van der Waals surface area contributed by atoms with Crippen LogP contribution in [0.5, 0.6) is 5.75 Å². The number of carbonyl (C=O) groups is 2. The molecule has 1 aromatic carbocycles. The maximum Gasteiger partial charge on any atom is 0.260 e. The summed E-state index contributed by atoms with van der Waals surface area (Å²) in [6.07, 6.45) is 11.2. The van der Waals surface area contributed by atoms with Crippen molar-refractivity contribution in [1.29, 1.82) is 0 Å². The fourth-order valence-corrected chi connectivity index (χ4v) is 4.83. The molecule has 1 aliphatic heterocycles. The second-order valence-corrected chi connectivity index (χ2v) is 8.75. The lowest BCUT2D eigenvalue weighted by molar-refractivity contribution is -0.135. The number of piperidine rings is 1. The number of hydrogen-bond acceptors (Lipinski definition) is 3. The van der Waals surface area contributed by atoms with Crippen LogP contribution in [-0.2, 0) is 9.59 Å². The monoisotopic (exact) mass is 396 g/mol. The van der Waals surface area contributed by atoms with Crippen molar-refractivity contribution in [3.63, 3.8) is 0 Å². The zero-order chi connectivity index (χ0) is 20.1. The maximum atomic E-state index is 12.6. The third-order valence-electron chi connectivity index (χ3n) is 6.85. The highest BCUT2D eigenvalue weighted by Crippen LogP contribution is 2.59. The van der Waals surface area contributed by atoms with E-state index >= 15 is 0 Å². The average molecular weight is 397 g/mol. The van der Waals surface area contributed by atoms with Crippen molar-refractivity contribution >= 4 is 11.8 Å². The number of para-hydroxylation sites is 1. The van der Waals surface area contributed by atoms with Crippen molar-refractivity contribution in [3.8, 4) is 5.75 Å². The largest absolute Gasteiger partial charge is 0.484 e. The van der Waals surface area contributed by atoms with Gasteiger partial charge in [0.2, 0.25) is 5.91 Å². The summed E-state index contributed by atoms with van der Waals surface area (Å²) in [6, 6.07) is 9.44. The number of benzene rings is 1. The number of carbonyl (C=O) groups excluding carboxylic acids is 2. The number of rotatable bonds is 7. The van der Waals surface area contributed by atoms with Crippen LogP contribution < -0.4 is 10.1 Å². The summed E-state index contributed by atoms with van der Waals surface area (Å²) in [4.78, 5) is 26.9. The first kappa shape index (κ1) is 20.0. The zero-order valence-electron chi connectivity index (χ0n) is 17.2. The van der Waals surface area contributed by atoms with Gasteiger partial charge in [-0.3, -0.25) is 9.59 Å². The van der Waals surface area contributed by atoms with Gasteiger partial charge in [-0.05, 0) is 68.9 Å². The van der Waals surface area contributed by atoms with Crippen LogP contribution in [0.25, 0.3) is 0 Å². The van der Waals surface area contributed by atoms with Crippen LogP contribution in [0.3, 0.4) is 0 Å². The Morgan fingerprint density at radius 1 is 1.14 bits per heavy atom. The summed E-state index contributed by atoms with van der Waals surface area (Å²) in [7, 11) is 0. The van der Waals surface area contributed by atoms with Gasteiger partial charge in [0.15, 0.2) is 6.61 Å². The van der Waals surface area contributed by atoms with Gasteiger partial charge in [0.25, 0.3) is 5.91 Å². The molecule has 1 saturated carbocycles. The predicted molar refractivity (Wildman–Crippen MR) is 112 cm³/mol. The van der Waals surface area contributed by atoms with E-state index in [0.717, 1.165) is 51.1 Å². The van der Waals surface area contributed by atoms with Gasteiger partial charge < -0.3 is 15.0 Å². The Hall–Kier alpha value is -2.30. The molecule has 0 bridgehead atoms. The van der Waals surface area contributed by atoms with Crippen LogP contribution >= 0.6 is 0 Å². The van der Waals surface area contributed by atoms with Crippen molar-refractivity contribution < 1.29 is 14.3 Å². The van der Waals surface area contributed by atoms with Crippen LogP contribution in [-0.4, -0.2) is 43.0 Å². The van der Waals surface area contributed by atoms with E-state index in [2.05, 4.69) is 11.4 Å². The highest BCUT2D eigenvalue weighted by Gasteiger charge is 2.58. The molecule has 1 atom stereocenters. The second kappa shape index (κ2) is 9.02. The van der Waals surface area contributed by atoms with E-state index in [-0.39, 0.29) is 29.8 Å². The molecule has 1 aromatic rings. The van der Waals surface area contributed by atoms with Gasteiger partial charge in [-0.25, -0.2) is 0 Å². The summed E-state index contributed by atoms with van der Waals surface area (Å²) in [5.74, 6) is 1.11. The summed E-state index contributed by atoms with van der Waals surface area (Å²) in [6.45, 7) is 2.30. The Morgan fingerprint density at radius 3 is 2.66 bits per heavy atom. The first-order valence-corrected chi connectivity index (χ1v) is 11.1. The van der Waals surface area contributed by atoms with Crippen LogP contribution in [0.2, 0.25) is 0 Å². The average Bonchev–Trinajstić information content (AvgIpc) is 3.47. The molecule has 1 heterocycles. The third-order valence-corrected chi connectivity index (χ3v) is 6.85. The van der Waals surface area contributed by atoms with Crippen LogP contribution in [0.15, 0.2) is 42.0 Å². The molecule has 2 fully saturated rings. The van der Waals surface area contributed by atoms with Crippen molar-refractivity contribution in [2.45, 2.75) is 51.4 Å². The molecular formula is C24H32N2O3. The highest BCUT2D eigenvalue weighted by molar-refractivity contribution is 5.83. The number of amides is 2. The molecule has 2 amide bonds. The Kier molecular flexibility index (Phi) is 6.22. The minimum Gasteiger partial charge on any atom is -0.484 e. The standard InChI is InChI=1S/C24H32N2O3/c27-22(18-29-20-9-5-2-6-10-20)26-15-12-24(13-16-26)17-21(24)23(28)25-14-11-19-7-3-1-4-8-19/h2,5-7,9-10,21H,1,3-4,8,11-18H2,(H,25,28). The molecule has 5 heteroatoms. The lowest BCUT2D eigenvalue weighted by Gasteiger charge is -2.32. The van der Waals surface area contributed by atoms with E-state index in [4.69, 9.17) is 4.74 Å². The molecule has 2 aliphatic carbocycles. The van der Waals surface area contributed by atoms with E-state index < -0.39 is 0 Å². The Morgan fingerprint density at radius 2 is 1.93 bits per heavy atom. The topological polar surface area (TPSA) is 58.6 Å². The maximum absolute atomic E-state index is 12.6. The molecule has 4 rings (SSSR count). The number of nitrogens with zero attached hydrogens (tertiary/aromatic N) is 1. The Balaban J connectivity index is 1.16. The van der Waals surface area contributed by atoms with Gasteiger partial charge >= 0.3 is 0 Å². The van der Waals surface area contributed by atoms with Gasteiger partial charge in [0, 0.05) is 25.6 Å². The number of nitrogens with one attached hydrogen (secondary N) is 1. The minimum absolute atomic E-state index is 0.0334. The molecule has 156 valence electrons. The van der Waals surface area contributed by atoms with E-state index in [1.807, 2.05) is 35.2 Å². The number of likely N-dealkylation sites (tertiary alicyclic amines) is 1. The molecule has 29 heavy (non-hydrogen) atoms. The zero-order valence-corrected chi connectivity index (χ0v) is 17.2. The first-order valence-electron chi connectivity index (χ1n) is 11.1. The van der Waals surface area contributed by atoms with Gasteiger partial charge in [-0.2, -0.15) is 0 Å². The van der Waals surface area contributed by atoms with E-state index in [1.165, 1.54) is 31.3 Å². The molecule has 5 nitrogen and oxygen atoms in total. The SMILES string of the molecule is O=C(NCCC1=CCCCC1)C1CC12CCN(C(=O)COc1ccccc1)CC2. The lowest BCUT2D eigenvalue weighted by Crippen LogP contribution is -2.42. The number of hydrogen-bond donors (Lipinski definition) is 1. The third kappa shape index (κ3) is 5.01. The van der Waals surface area contributed by atoms with Crippen molar-refractivity contribution in [1.82, 2.24) is 10.2 Å². The molecule has 0 radical (unpaired) electrons. The summed E-state index contributed by atoms with van der Waals surface area (Å²) in [5, 5.41) is 3.16. The summed E-state index contributed by atoms with van der Waals surface area (Å²) >= 11 is 0. The smallest absolute Gasteiger partial charge is 0.260 e. The Labute approximate surface area is 173 Å². The van der Waals surface area contributed by atoms with Crippen LogP contribution in [0, 0.1) is 11.3 Å². The van der Waals surface area contributed by atoms with Crippen molar-refractivity contribution in [3.05, 3.63) is 42.0 Å². The van der Waals surface area contributed by atoms with Gasteiger partial charge in [0.05, 0.1) is 0 Å². The van der Waals surface area contributed by atoms with E-state index in [1.54, 1.807) is 0 Å². The molecule has 1 saturated heterocycles. The highest BCUT2D eigenvalue weighted by atomic mass is 16.5. The second-order valence-electron chi connectivity index (χ2n) is 8.75. The van der Waals surface area contributed by atoms with Gasteiger partial charge in [0.1, 0.15) is 5.75 Å². The summed E-state index contributed by atoms with van der Waals surface area (Å²) in [5.41, 5.74) is 1.64. The predicted octanol–water partition coefficient (Wildman–Crippen LogP) is 3.70. The Bertz CT molecular complexity index is 751. The number of ether oxygens (including phenoxy) is 1. The van der Waals surface area contributed by atoms with Crippen molar-refractivity contribution in [2.24, 2.45) is 11.3 Å². The first-order chi connectivity index (χ1) is 14.2. The number of allylic oxidation sites excluding steroid dienone is 1. The summed E-state index contributed by atoms with van der Waals surface area (Å²) < 4.78 is 5.58. The molecule has 1 unspecified atom stereocenters. The molecular weight excluding hydrogens is 364 g/mol. The van der Waals surface area contributed by atoms with E-state index in [0.29, 0.717) is 0 Å². The minimum atomic E-state index is 0.0334.